The first-order chi connectivity index (χ1) is 7.99. The standard InChI is InChI=1S/C14H24N2O/c1-7-9-10-13(11(3)15-5)14(8-2)16(6)12(4)17/h8-11,15H,2,7H2,1,3-6H3/b10-9-,14-13-. The first-order valence-electron chi connectivity index (χ1n) is 5.94. The van der Waals surface area contributed by atoms with E-state index in [0.717, 1.165) is 17.7 Å². The van der Waals surface area contributed by atoms with Crippen LogP contribution in [0.15, 0.2) is 36.1 Å². The zero-order chi connectivity index (χ0) is 13.4. The highest BCUT2D eigenvalue weighted by molar-refractivity contribution is 5.76. The van der Waals surface area contributed by atoms with Crippen molar-refractivity contribution in [2.45, 2.75) is 33.2 Å². The Bertz CT molecular complexity index is 329. The van der Waals surface area contributed by atoms with Crippen LogP contribution in [0.4, 0.5) is 0 Å². The van der Waals surface area contributed by atoms with Crippen molar-refractivity contribution in [3.8, 4) is 0 Å². The Morgan fingerprint density at radius 3 is 2.47 bits per heavy atom. The number of rotatable bonds is 6. The zero-order valence-corrected chi connectivity index (χ0v) is 11.6. The van der Waals surface area contributed by atoms with E-state index in [1.54, 1.807) is 24.9 Å². The SMILES string of the molecule is C=C/C(=C(\C=C/CC)C(C)NC)N(C)C(C)=O. The average molecular weight is 236 g/mol. The molecule has 0 aliphatic heterocycles. The maximum atomic E-state index is 11.4. The summed E-state index contributed by atoms with van der Waals surface area (Å²) in [6, 6.07) is 0.174. The Kier molecular flexibility index (Phi) is 7.22. The van der Waals surface area contributed by atoms with E-state index >= 15 is 0 Å². The molecule has 0 radical (unpaired) electrons. The maximum Gasteiger partial charge on any atom is 0.223 e. The highest BCUT2D eigenvalue weighted by Crippen LogP contribution is 2.16. The van der Waals surface area contributed by atoms with Gasteiger partial charge in [0.2, 0.25) is 5.91 Å². The molecular weight excluding hydrogens is 212 g/mol. The van der Waals surface area contributed by atoms with Gasteiger partial charge >= 0.3 is 0 Å². The molecule has 3 nitrogen and oxygen atoms in total. The van der Waals surface area contributed by atoms with Crippen molar-refractivity contribution in [1.29, 1.82) is 0 Å². The summed E-state index contributed by atoms with van der Waals surface area (Å²) in [5.41, 5.74) is 1.92. The minimum Gasteiger partial charge on any atom is -0.315 e. The third kappa shape index (κ3) is 4.57. The van der Waals surface area contributed by atoms with Gasteiger partial charge in [-0.3, -0.25) is 4.79 Å². The number of nitrogens with zero attached hydrogens (tertiary/aromatic N) is 1. The molecule has 0 aliphatic rings. The van der Waals surface area contributed by atoms with Crippen molar-refractivity contribution in [3.63, 3.8) is 0 Å². The second kappa shape index (κ2) is 7.85. The topological polar surface area (TPSA) is 32.3 Å². The predicted octanol–water partition coefficient (Wildman–Crippen LogP) is 2.48. The van der Waals surface area contributed by atoms with Gasteiger partial charge in [-0.25, -0.2) is 0 Å². The van der Waals surface area contributed by atoms with Gasteiger partial charge in [0, 0.05) is 25.7 Å². The number of amides is 1. The van der Waals surface area contributed by atoms with E-state index in [-0.39, 0.29) is 11.9 Å². The van der Waals surface area contributed by atoms with Crippen LogP contribution < -0.4 is 5.32 Å². The van der Waals surface area contributed by atoms with Crippen LogP contribution in [0.3, 0.4) is 0 Å². The van der Waals surface area contributed by atoms with Crippen LogP contribution in [-0.2, 0) is 4.79 Å². The lowest BCUT2D eigenvalue weighted by atomic mass is 10.0. The molecule has 0 rings (SSSR count). The summed E-state index contributed by atoms with van der Waals surface area (Å²) >= 11 is 0. The summed E-state index contributed by atoms with van der Waals surface area (Å²) in [6.07, 6.45) is 6.83. The molecule has 0 aromatic carbocycles. The molecule has 0 saturated heterocycles. The lowest BCUT2D eigenvalue weighted by Gasteiger charge is -2.23. The van der Waals surface area contributed by atoms with Crippen molar-refractivity contribution in [1.82, 2.24) is 10.2 Å². The molecule has 0 fully saturated rings. The number of hydrogen-bond donors (Lipinski definition) is 1. The molecule has 1 unspecified atom stereocenters. The summed E-state index contributed by atoms with van der Waals surface area (Å²) in [4.78, 5) is 13.1. The number of carbonyl (C=O) groups is 1. The smallest absolute Gasteiger partial charge is 0.223 e. The van der Waals surface area contributed by atoms with Gasteiger partial charge in [0.1, 0.15) is 0 Å². The molecule has 0 saturated carbocycles. The Balaban J connectivity index is 5.50. The van der Waals surface area contributed by atoms with Gasteiger partial charge in [-0.2, -0.15) is 0 Å². The molecule has 96 valence electrons. The lowest BCUT2D eigenvalue weighted by molar-refractivity contribution is -0.125. The second-order valence-electron chi connectivity index (χ2n) is 3.94. The Labute approximate surface area is 105 Å². The zero-order valence-electron chi connectivity index (χ0n) is 11.6. The molecule has 0 aliphatic carbocycles. The quantitative estimate of drug-likeness (QED) is 0.719. The maximum absolute atomic E-state index is 11.4. The van der Waals surface area contributed by atoms with Crippen LogP contribution in [0.1, 0.15) is 27.2 Å². The number of allylic oxidation sites excluding steroid dienone is 2. The molecule has 17 heavy (non-hydrogen) atoms. The Hall–Kier alpha value is -1.35. The van der Waals surface area contributed by atoms with Gasteiger partial charge in [0.25, 0.3) is 0 Å². The van der Waals surface area contributed by atoms with Crippen molar-refractivity contribution in [2.24, 2.45) is 0 Å². The molecule has 0 aromatic rings. The van der Waals surface area contributed by atoms with Crippen LogP contribution >= 0.6 is 0 Å². The fraction of sp³-hybridized carbons (Fsp3) is 0.500. The van der Waals surface area contributed by atoms with E-state index in [4.69, 9.17) is 0 Å². The normalized spacial score (nSPS) is 14.4. The van der Waals surface area contributed by atoms with Crippen LogP contribution in [0.2, 0.25) is 0 Å². The Morgan fingerprint density at radius 2 is 2.12 bits per heavy atom. The highest BCUT2D eigenvalue weighted by atomic mass is 16.2. The van der Waals surface area contributed by atoms with Crippen molar-refractivity contribution < 1.29 is 4.79 Å². The highest BCUT2D eigenvalue weighted by Gasteiger charge is 2.14. The summed E-state index contributed by atoms with van der Waals surface area (Å²) in [5.74, 6) is 0.00519. The minimum atomic E-state index is 0.00519. The fourth-order valence-corrected chi connectivity index (χ4v) is 1.47. The summed E-state index contributed by atoms with van der Waals surface area (Å²) in [5, 5.41) is 3.19. The monoisotopic (exact) mass is 236 g/mol. The summed E-state index contributed by atoms with van der Waals surface area (Å²) < 4.78 is 0. The van der Waals surface area contributed by atoms with E-state index in [0.29, 0.717) is 0 Å². The largest absolute Gasteiger partial charge is 0.315 e. The van der Waals surface area contributed by atoms with E-state index in [1.165, 1.54) is 0 Å². The Morgan fingerprint density at radius 1 is 1.53 bits per heavy atom. The van der Waals surface area contributed by atoms with Crippen molar-refractivity contribution in [2.75, 3.05) is 14.1 Å². The number of hydrogen-bond acceptors (Lipinski definition) is 2. The first kappa shape index (κ1) is 15.7. The van der Waals surface area contributed by atoms with Crippen LogP contribution in [0.5, 0.6) is 0 Å². The molecule has 1 amide bonds. The minimum absolute atomic E-state index is 0.00519. The lowest BCUT2D eigenvalue weighted by Crippen LogP contribution is -2.29. The third-order valence-corrected chi connectivity index (χ3v) is 2.76. The van der Waals surface area contributed by atoms with Crippen molar-refractivity contribution in [3.05, 3.63) is 36.1 Å². The first-order valence-corrected chi connectivity index (χ1v) is 5.94. The number of carbonyl (C=O) groups excluding carboxylic acids is 1. The van der Waals surface area contributed by atoms with Gasteiger partial charge in [-0.1, -0.05) is 25.7 Å². The van der Waals surface area contributed by atoms with Gasteiger partial charge in [-0.15, -0.1) is 0 Å². The van der Waals surface area contributed by atoms with E-state index in [2.05, 4.69) is 37.9 Å². The van der Waals surface area contributed by atoms with Crippen LogP contribution in [0, 0.1) is 0 Å². The molecule has 0 spiro atoms. The fourth-order valence-electron chi connectivity index (χ4n) is 1.47. The number of nitrogens with one attached hydrogen (secondary N) is 1. The van der Waals surface area contributed by atoms with Gasteiger partial charge < -0.3 is 10.2 Å². The number of likely N-dealkylation sites (N-methyl/N-ethyl adjacent to an activating group) is 2. The molecule has 0 heterocycles. The van der Waals surface area contributed by atoms with Crippen LogP contribution in [0.25, 0.3) is 0 Å². The molecule has 0 aromatic heterocycles. The molecule has 3 heteroatoms. The van der Waals surface area contributed by atoms with E-state index < -0.39 is 0 Å². The molecular formula is C14H24N2O. The van der Waals surface area contributed by atoms with E-state index in [9.17, 15) is 4.79 Å². The summed E-state index contributed by atoms with van der Waals surface area (Å²) in [7, 11) is 3.67. The van der Waals surface area contributed by atoms with Crippen molar-refractivity contribution >= 4 is 5.91 Å². The van der Waals surface area contributed by atoms with Crippen LogP contribution in [-0.4, -0.2) is 30.9 Å². The van der Waals surface area contributed by atoms with Gasteiger partial charge in [0.15, 0.2) is 0 Å². The predicted molar refractivity (Wildman–Crippen MR) is 73.6 cm³/mol. The second-order valence-corrected chi connectivity index (χ2v) is 3.94. The van der Waals surface area contributed by atoms with Gasteiger partial charge in [-0.05, 0) is 32.0 Å². The van der Waals surface area contributed by atoms with Gasteiger partial charge in [0.05, 0.1) is 0 Å². The summed E-state index contributed by atoms with van der Waals surface area (Å²) in [6.45, 7) is 9.49. The molecule has 1 atom stereocenters. The average Bonchev–Trinajstić information content (AvgIpc) is 2.32. The third-order valence-electron chi connectivity index (χ3n) is 2.76. The molecule has 1 N–H and O–H groups in total. The molecule has 0 bridgehead atoms. The van der Waals surface area contributed by atoms with E-state index in [1.807, 2.05) is 7.05 Å².